The minimum Gasteiger partial charge on any atom is -0.495 e. The highest BCUT2D eigenvalue weighted by molar-refractivity contribution is 9.10. The average molecular weight is 506 g/mol. The first-order valence-corrected chi connectivity index (χ1v) is 12.2. The molecule has 0 bridgehead atoms. The minimum absolute atomic E-state index is 0.574. The number of methoxy groups -OCH3 is 1. The van der Waals surface area contributed by atoms with E-state index in [2.05, 4.69) is 68.6 Å². The van der Waals surface area contributed by atoms with Crippen LogP contribution in [0.25, 0.3) is 22.2 Å². The third-order valence-corrected chi connectivity index (χ3v) is 6.95. The third-order valence-electron chi connectivity index (χ3n) is 6.29. The Morgan fingerprint density at radius 2 is 1.91 bits per heavy atom. The van der Waals surface area contributed by atoms with Crippen LogP contribution in [0, 0.1) is 5.92 Å². The van der Waals surface area contributed by atoms with E-state index in [4.69, 9.17) is 14.1 Å². The largest absolute Gasteiger partial charge is 0.495 e. The Bertz CT molecular complexity index is 1220. The SMILES string of the molecule is COc1c(-c2nc(CNC[C@@H]3CCN(Cc4ccccc4)C3)co2)cc(Br)c2ccccc12. The van der Waals surface area contributed by atoms with Crippen LogP contribution in [0.3, 0.4) is 0 Å². The van der Waals surface area contributed by atoms with E-state index in [1.54, 1.807) is 13.4 Å². The summed E-state index contributed by atoms with van der Waals surface area (Å²) in [6.45, 7) is 5.00. The van der Waals surface area contributed by atoms with Crippen LogP contribution < -0.4 is 10.1 Å². The molecule has 1 aromatic heterocycles. The van der Waals surface area contributed by atoms with Crippen LogP contribution in [-0.4, -0.2) is 36.6 Å². The van der Waals surface area contributed by atoms with Crippen LogP contribution in [0.5, 0.6) is 5.75 Å². The molecule has 3 aromatic carbocycles. The summed E-state index contributed by atoms with van der Waals surface area (Å²) in [5, 5.41) is 5.71. The molecule has 0 spiro atoms. The number of oxazole rings is 1. The van der Waals surface area contributed by atoms with E-state index >= 15 is 0 Å². The maximum absolute atomic E-state index is 5.84. The lowest BCUT2D eigenvalue weighted by Crippen LogP contribution is -2.26. The highest BCUT2D eigenvalue weighted by Gasteiger charge is 2.22. The Kier molecular flexibility index (Phi) is 6.76. The van der Waals surface area contributed by atoms with E-state index in [1.807, 2.05) is 18.2 Å². The van der Waals surface area contributed by atoms with E-state index in [0.29, 0.717) is 18.4 Å². The molecular weight excluding hydrogens is 478 g/mol. The highest BCUT2D eigenvalue weighted by Crippen LogP contribution is 2.40. The molecule has 5 nitrogen and oxygen atoms in total. The minimum atomic E-state index is 0.574. The average Bonchev–Trinajstić information content (AvgIpc) is 3.49. The van der Waals surface area contributed by atoms with Crippen molar-refractivity contribution in [3.8, 4) is 17.2 Å². The van der Waals surface area contributed by atoms with Gasteiger partial charge in [0.05, 0.1) is 18.4 Å². The fourth-order valence-electron chi connectivity index (χ4n) is 4.66. The van der Waals surface area contributed by atoms with Gasteiger partial charge in [-0.3, -0.25) is 4.90 Å². The Hall–Kier alpha value is -2.67. The molecule has 0 aliphatic carbocycles. The van der Waals surface area contributed by atoms with Crippen LogP contribution in [0.2, 0.25) is 0 Å². The maximum atomic E-state index is 5.84. The zero-order chi connectivity index (χ0) is 22.6. The van der Waals surface area contributed by atoms with Crippen LogP contribution in [0.4, 0.5) is 0 Å². The molecular formula is C27H28BrN3O2. The topological polar surface area (TPSA) is 50.5 Å². The molecule has 33 heavy (non-hydrogen) atoms. The van der Waals surface area contributed by atoms with Crippen LogP contribution in [0.1, 0.15) is 17.7 Å². The number of halogens is 1. The summed E-state index contributed by atoms with van der Waals surface area (Å²) in [6.07, 6.45) is 2.97. The van der Waals surface area contributed by atoms with Gasteiger partial charge in [-0.2, -0.15) is 0 Å². The lowest BCUT2D eigenvalue weighted by Gasteiger charge is -2.16. The second kappa shape index (κ2) is 10.1. The zero-order valence-electron chi connectivity index (χ0n) is 18.8. The molecule has 1 aliphatic heterocycles. The van der Waals surface area contributed by atoms with Gasteiger partial charge in [0, 0.05) is 29.5 Å². The van der Waals surface area contributed by atoms with Gasteiger partial charge in [0.2, 0.25) is 5.89 Å². The van der Waals surface area contributed by atoms with Gasteiger partial charge in [-0.1, -0.05) is 70.5 Å². The van der Waals surface area contributed by atoms with Gasteiger partial charge < -0.3 is 14.5 Å². The summed E-state index contributed by atoms with van der Waals surface area (Å²) in [6, 6.07) is 20.9. The fraction of sp³-hybridized carbons (Fsp3) is 0.296. The fourth-order valence-corrected chi connectivity index (χ4v) is 5.24. The summed E-state index contributed by atoms with van der Waals surface area (Å²) in [5.41, 5.74) is 3.13. The highest BCUT2D eigenvalue weighted by atomic mass is 79.9. The van der Waals surface area contributed by atoms with Crippen molar-refractivity contribution in [2.75, 3.05) is 26.7 Å². The normalized spacial score (nSPS) is 16.5. The summed E-state index contributed by atoms with van der Waals surface area (Å²) >= 11 is 3.68. The lowest BCUT2D eigenvalue weighted by molar-refractivity contribution is 0.314. The number of fused-ring (bicyclic) bond motifs is 1. The number of ether oxygens (including phenoxy) is 1. The first-order chi connectivity index (χ1) is 16.2. The monoisotopic (exact) mass is 505 g/mol. The van der Waals surface area contributed by atoms with Crippen molar-refractivity contribution < 1.29 is 9.15 Å². The molecule has 1 aliphatic rings. The van der Waals surface area contributed by atoms with Crippen molar-refractivity contribution in [2.24, 2.45) is 5.92 Å². The summed E-state index contributed by atoms with van der Waals surface area (Å²) in [4.78, 5) is 7.27. The summed E-state index contributed by atoms with van der Waals surface area (Å²) < 4.78 is 12.6. The number of benzene rings is 3. The molecule has 4 aromatic rings. The second-order valence-electron chi connectivity index (χ2n) is 8.64. The van der Waals surface area contributed by atoms with E-state index in [9.17, 15) is 0 Å². The van der Waals surface area contributed by atoms with Crippen molar-refractivity contribution in [2.45, 2.75) is 19.5 Å². The van der Waals surface area contributed by atoms with E-state index in [1.165, 1.54) is 12.0 Å². The maximum Gasteiger partial charge on any atom is 0.230 e. The molecule has 1 saturated heterocycles. The van der Waals surface area contributed by atoms with E-state index < -0.39 is 0 Å². The van der Waals surface area contributed by atoms with Gasteiger partial charge in [0.15, 0.2) is 0 Å². The van der Waals surface area contributed by atoms with Gasteiger partial charge in [-0.15, -0.1) is 0 Å². The van der Waals surface area contributed by atoms with E-state index in [0.717, 1.165) is 58.4 Å². The Morgan fingerprint density at radius 3 is 2.73 bits per heavy atom. The number of nitrogens with one attached hydrogen (secondary N) is 1. The second-order valence-corrected chi connectivity index (χ2v) is 9.49. The van der Waals surface area contributed by atoms with Crippen molar-refractivity contribution in [3.63, 3.8) is 0 Å². The summed E-state index contributed by atoms with van der Waals surface area (Å²) in [7, 11) is 1.69. The molecule has 0 amide bonds. The van der Waals surface area contributed by atoms with Gasteiger partial charge in [-0.05, 0) is 42.4 Å². The number of hydrogen-bond acceptors (Lipinski definition) is 5. The number of likely N-dealkylation sites (tertiary alicyclic amines) is 1. The van der Waals surface area contributed by atoms with Gasteiger partial charge in [0.25, 0.3) is 0 Å². The number of rotatable bonds is 8. The third kappa shape index (κ3) is 4.98. The number of hydrogen-bond donors (Lipinski definition) is 1. The van der Waals surface area contributed by atoms with Crippen LogP contribution in [-0.2, 0) is 13.1 Å². The Labute approximate surface area is 202 Å². The van der Waals surface area contributed by atoms with Crippen LogP contribution >= 0.6 is 15.9 Å². The van der Waals surface area contributed by atoms with E-state index in [-0.39, 0.29) is 0 Å². The lowest BCUT2D eigenvalue weighted by atomic mass is 10.1. The molecule has 6 heteroatoms. The van der Waals surface area contributed by atoms with Crippen molar-refractivity contribution in [1.82, 2.24) is 15.2 Å². The van der Waals surface area contributed by atoms with Crippen molar-refractivity contribution >= 4 is 26.7 Å². The zero-order valence-corrected chi connectivity index (χ0v) is 20.3. The Balaban J connectivity index is 1.19. The standard InChI is InChI=1S/C27H28BrN3O2/c1-32-26-23-10-6-5-9-22(23)25(28)13-24(26)27-30-21(18-33-27)15-29-14-20-11-12-31(17-20)16-19-7-3-2-4-8-19/h2-10,13,18,20,29H,11-12,14-17H2,1H3/t20-/m0/s1. The predicted octanol–water partition coefficient (Wildman–Crippen LogP) is 5.88. The van der Waals surface area contributed by atoms with Crippen LogP contribution in [0.15, 0.2) is 75.8 Å². The molecule has 170 valence electrons. The van der Waals surface area contributed by atoms with Crippen molar-refractivity contribution in [1.29, 1.82) is 0 Å². The number of nitrogens with zero attached hydrogens (tertiary/aromatic N) is 2. The molecule has 1 atom stereocenters. The smallest absolute Gasteiger partial charge is 0.230 e. The van der Waals surface area contributed by atoms with Crippen molar-refractivity contribution in [3.05, 3.63) is 82.7 Å². The molecule has 0 saturated carbocycles. The quantitative estimate of drug-likeness (QED) is 0.324. The summed E-state index contributed by atoms with van der Waals surface area (Å²) in [5.74, 6) is 2.02. The number of aromatic nitrogens is 1. The van der Waals surface area contributed by atoms with Gasteiger partial charge in [0.1, 0.15) is 12.0 Å². The molecule has 0 radical (unpaired) electrons. The van der Waals surface area contributed by atoms with Gasteiger partial charge >= 0.3 is 0 Å². The van der Waals surface area contributed by atoms with Gasteiger partial charge in [-0.25, -0.2) is 4.98 Å². The predicted molar refractivity (Wildman–Crippen MR) is 135 cm³/mol. The Morgan fingerprint density at radius 1 is 1.12 bits per heavy atom. The molecule has 0 unspecified atom stereocenters. The first-order valence-electron chi connectivity index (χ1n) is 11.4. The molecule has 1 N–H and O–H groups in total. The first kappa shape index (κ1) is 22.1. The molecule has 5 rings (SSSR count). The molecule has 2 heterocycles. The molecule has 1 fully saturated rings.